The number of rotatable bonds is 5. The van der Waals surface area contributed by atoms with Gasteiger partial charge in [0.1, 0.15) is 12.4 Å². The number of fused-ring (bicyclic) bond motifs is 1. The Hall–Kier alpha value is -2.53. The Kier molecular flexibility index (Phi) is 8.98. The van der Waals surface area contributed by atoms with E-state index in [1.807, 2.05) is 23.1 Å². The van der Waals surface area contributed by atoms with Crippen molar-refractivity contribution < 1.29 is 14.3 Å². The second kappa shape index (κ2) is 11.9. The summed E-state index contributed by atoms with van der Waals surface area (Å²) in [5.74, 6) is 0.582. The van der Waals surface area contributed by atoms with Crippen molar-refractivity contribution in [3.63, 3.8) is 0 Å². The van der Waals surface area contributed by atoms with Gasteiger partial charge in [-0.25, -0.2) is 0 Å². The molecular weight excluding hydrogens is 424 g/mol. The summed E-state index contributed by atoms with van der Waals surface area (Å²) in [7, 11) is 1.79. The Balaban J connectivity index is 1.92. The van der Waals surface area contributed by atoms with Crippen LogP contribution in [0.5, 0.6) is 5.75 Å². The van der Waals surface area contributed by atoms with Gasteiger partial charge in [-0.2, -0.15) is 0 Å². The fraction of sp³-hybridized carbons (Fsp3) is 0.462. The van der Waals surface area contributed by atoms with E-state index < -0.39 is 0 Å². The average Bonchev–Trinajstić information content (AvgIpc) is 2.80. The van der Waals surface area contributed by atoms with Crippen molar-refractivity contribution in [2.24, 2.45) is 0 Å². The minimum atomic E-state index is -0.113. The SMILES string of the molecule is CCCCC(=O)N1CCCCN(C)C(=O)c2cc(Cl)ccc2OC[C@H]1Cc1ccccc1. The first-order valence-corrected chi connectivity index (χ1v) is 11.9. The van der Waals surface area contributed by atoms with Crippen LogP contribution in [-0.2, 0) is 11.2 Å². The van der Waals surface area contributed by atoms with Crippen molar-refractivity contribution in [2.75, 3.05) is 26.7 Å². The molecular formula is C26H33ClN2O3. The molecule has 5 nitrogen and oxygen atoms in total. The zero-order valence-corrected chi connectivity index (χ0v) is 19.8. The van der Waals surface area contributed by atoms with Crippen LogP contribution in [0.1, 0.15) is 54.9 Å². The quantitative estimate of drug-likeness (QED) is 0.620. The van der Waals surface area contributed by atoms with Crippen LogP contribution < -0.4 is 4.74 Å². The van der Waals surface area contributed by atoms with Crippen molar-refractivity contribution in [3.05, 3.63) is 64.7 Å². The van der Waals surface area contributed by atoms with Crippen LogP contribution in [0.15, 0.2) is 48.5 Å². The highest BCUT2D eigenvalue weighted by Gasteiger charge is 2.26. The number of carbonyl (C=O) groups excluding carboxylic acids is 2. The summed E-state index contributed by atoms with van der Waals surface area (Å²) < 4.78 is 6.20. The third kappa shape index (κ3) is 6.49. The van der Waals surface area contributed by atoms with Crippen LogP contribution in [0.3, 0.4) is 0 Å². The smallest absolute Gasteiger partial charge is 0.257 e. The highest BCUT2D eigenvalue weighted by Crippen LogP contribution is 2.26. The predicted molar refractivity (Wildman–Crippen MR) is 128 cm³/mol. The lowest BCUT2D eigenvalue weighted by atomic mass is 10.0. The summed E-state index contributed by atoms with van der Waals surface area (Å²) in [4.78, 5) is 29.9. The van der Waals surface area contributed by atoms with E-state index in [9.17, 15) is 9.59 Å². The summed E-state index contributed by atoms with van der Waals surface area (Å²) >= 11 is 6.19. The number of nitrogens with zero attached hydrogens (tertiary/aromatic N) is 2. The summed E-state index contributed by atoms with van der Waals surface area (Å²) in [6.45, 7) is 3.70. The number of amides is 2. The van der Waals surface area contributed by atoms with Crippen molar-refractivity contribution in [1.82, 2.24) is 9.80 Å². The third-order valence-corrected chi connectivity index (χ3v) is 6.15. The number of benzene rings is 2. The zero-order valence-electron chi connectivity index (χ0n) is 19.1. The van der Waals surface area contributed by atoms with Gasteiger partial charge in [0.05, 0.1) is 11.6 Å². The first-order valence-electron chi connectivity index (χ1n) is 11.5. The van der Waals surface area contributed by atoms with Crippen molar-refractivity contribution in [1.29, 1.82) is 0 Å². The molecule has 0 radical (unpaired) electrons. The molecule has 0 aromatic heterocycles. The van der Waals surface area contributed by atoms with Crippen LogP contribution in [-0.4, -0.2) is 54.4 Å². The van der Waals surface area contributed by atoms with E-state index in [-0.39, 0.29) is 17.9 Å². The fourth-order valence-electron chi connectivity index (χ4n) is 4.05. The second-order valence-corrected chi connectivity index (χ2v) is 8.86. The standard InChI is InChI=1S/C26H33ClN2O3/c1-3-4-12-25(30)29-16-9-8-15-28(2)26(31)23-18-21(27)13-14-24(23)32-19-22(29)17-20-10-6-5-7-11-20/h5-7,10-11,13-14,18,22H,3-4,8-9,12,15-17,19H2,1-2H3/t22-/m1/s1. The number of ether oxygens (including phenoxy) is 1. The number of unbranched alkanes of at least 4 members (excludes halogenated alkanes) is 1. The molecule has 1 aliphatic heterocycles. The summed E-state index contributed by atoms with van der Waals surface area (Å²) in [5.41, 5.74) is 1.62. The number of hydrogen-bond acceptors (Lipinski definition) is 3. The van der Waals surface area contributed by atoms with Gasteiger partial charge in [-0.3, -0.25) is 9.59 Å². The average molecular weight is 457 g/mol. The molecule has 1 atom stereocenters. The molecule has 32 heavy (non-hydrogen) atoms. The maximum absolute atomic E-state index is 13.2. The second-order valence-electron chi connectivity index (χ2n) is 8.42. The Morgan fingerprint density at radius 3 is 2.62 bits per heavy atom. The largest absolute Gasteiger partial charge is 0.491 e. The van der Waals surface area contributed by atoms with Gasteiger partial charge in [0.15, 0.2) is 0 Å². The molecule has 0 N–H and O–H groups in total. The van der Waals surface area contributed by atoms with Crippen LogP contribution in [0.2, 0.25) is 5.02 Å². The van der Waals surface area contributed by atoms with Gasteiger partial charge >= 0.3 is 0 Å². The van der Waals surface area contributed by atoms with Crippen LogP contribution in [0.4, 0.5) is 0 Å². The summed E-state index contributed by atoms with van der Waals surface area (Å²) in [6, 6.07) is 15.2. The molecule has 0 saturated carbocycles. The van der Waals surface area contributed by atoms with E-state index in [0.29, 0.717) is 48.9 Å². The molecule has 0 spiro atoms. The van der Waals surface area contributed by atoms with Crippen molar-refractivity contribution >= 4 is 23.4 Å². The van der Waals surface area contributed by atoms with E-state index >= 15 is 0 Å². The third-order valence-electron chi connectivity index (χ3n) is 5.91. The lowest BCUT2D eigenvalue weighted by Crippen LogP contribution is -2.46. The highest BCUT2D eigenvalue weighted by atomic mass is 35.5. The van der Waals surface area contributed by atoms with E-state index in [1.165, 1.54) is 0 Å². The van der Waals surface area contributed by atoms with E-state index in [2.05, 4.69) is 19.1 Å². The number of hydrogen-bond donors (Lipinski definition) is 0. The normalized spacial score (nSPS) is 17.7. The van der Waals surface area contributed by atoms with Gasteiger partial charge in [-0.05, 0) is 49.4 Å². The fourth-order valence-corrected chi connectivity index (χ4v) is 4.22. The first kappa shape index (κ1) is 24.1. The van der Waals surface area contributed by atoms with Gasteiger partial charge in [0.25, 0.3) is 5.91 Å². The highest BCUT2D eigenvalue weighted by molar-refractivity contribution is 6.31. The molecule has 0 aliphatic carbocycles. The Morgan fingerprint density at radius 2 is 1.88 bits per heavy atom. The van der Waals surface area contributed by atoms with Crippen LogP contribution in [0, 0.1) is 0 Å². The number of carbonyl (C=O) groups is 2. The van der Waals surface area contributed by atoms with Crippen molar-refractivity contribution in [3.8, 4) is 5.75 Å². The Bertz CT molecular complexity index is 903. The summed E-state index contributed by atoms with van der Waals surface area (Å²) in [5, 5.41) is 0.499. The molecule has 2 aromatic rings. The molecule has 0 saturated heterocycles. The Labute approximate surface area is 196 Å². The van der Waals surface area contributed by atoms with Gasteiger partial charge in [0, 0.05) is 31.6 Å². The molecule has 6 heteroatoms. The van der Waals surface area contributed by atoms with E-state index in [4.69, 9.17) is 16.3 Å². The first-order chi connectivity index (χ1) is 15.5. The molecule has 1 aliphatic rings. The zero-order chi connectivity index (χ0) is 22.9. The summed E-state index contributed by atoms with van der Waals surface area (Å²) in [6.07, 6.45) is 4.78. The predicted octanol–water partition coefficient (Wildman–Crippen LogP) is 5.21. The van der Waals surface area contributed by atoms with Gasteiger partial charge < -0.3 is 14.5 Å². The minimum absolute atomic E-state index is 0.0986. The lowest BCUT2D eigenvalue weighted by molar-refractivity contribution is -0.134. The minimum Gasteiger partial charge on any atom is -0.491 e. The van der Waals surface area contributed by atoms with E-state index in [0.717, 1.165) is 31.2 Å². The van der Waals surface area contributed by atoms with Crippen LogP contribution >= 0.6 is 11.6 Å². The monoisotopic (exact) mass is 456 g/mol. The molecule has 172 valence electrons. The molecule has 2 amide bonds. The molecule has 0 bridgehead atoms. The maximum atomic E-state index is 13.2. The molecule has 2 aromatic carbocycles. The Morgan fingerprint density at radius 1 is 1.12 bits per heavy atom. The van der Waals surface area contributed by atoms with Gasteiger partial charge in [-0.15, -0.1) is 0 Å². The molecule has 3 rings (SSSR count). The molecule has 0 unspecified atom stereocenters. The van der Waals surface area contributed by atoms with E-state index in [1.54, 1.807) is 30.1 Å². The van der Waals surface area contributed by atoms with Gasteiger partial charge in [0.2, 0.25) is 5.91 Å². The molecule has 0 fully saturated rings. The van der Waals surface area contributed by atoms with Crippen molar-refractivity contribution in [2.45, 2.75) is 51.5 Å². The van der Waals surface area contributed by atoms with Gasteiger partial charge in [-0.1, -0.05) is 55.3 Å². The molecule has 1 heterocycles. The number of halogens is 1. The topological polar surface area (TPSA) is 49.9 Å². The maximum Gasteiger partial charge on any atom is 0.257 e. The van der Waals surface area contributed by atoms with Crippen LogP contribution in [0.25, 0.3) is 0 Å². The lowest BCUT2D eigenvalue weighted by Gasteiger charge is -2.33.